The number of carbonyl (C=O) groups is 1. The quantitative estimate of drug-likeness (QED) is 0.258. The van der Waals surface area contributed by atoms with E-state index in [1.807, 2.05) is 44.2 Å². The van der Waals surface area contributed by atoms with Gasteiger partial charge < -0.3 is 15.2 Å². The minimum absolute atomic E-state index is 0.0334. The van der Waals surface area contributed by atoms with E-state index in [9.17, 15) is 9.18 Å². The molecule has 196 valence electrons. The van der Waals surface area contributed by atoms with E-state index in [4.69, 9.17) is 0 Å². The number of hydrogen-bond acceptors (Lipinski definition) is 5. The van der Waals surface area contributed by atoms with Gasteiger partial charge in [-0.25, -0.2) is 18.7 Å². The fraction of sp³-hybridized carbons (Fsp3) is 0.214. The third-order valence-electron chi connectivity index (χ3n) is 5.80. The van der Waals surface area contributed by atoms with Crippen LogP contribution in [0.5, 0.6) is 0 Å². The third kappa shape index (κ3) is 5.54. The first kappa shape index (κ1) is 26.5. The summed E-state index contributed by atoms with van der Waals surface area (Å²) in [4.78, 5) is 21.7. The van der Waals surface area contributed by atoms with Crippen LogP contribution in [0.25, 0.3) is 22.4 Å². The van der Waals surface area contributed by atoms with Crippen LogP contribution in [0, 0.1) is 18.6 Å². The van der Waals surface area contributed by atoms with Gasteiger partial charge in [-0.1, -0.05) is 50.2 Å². The SMILES string of the molecule is CC.Cc1ccc(Nc2c(C(=O)NCCc3nc(-c4ccccc4)n[nH]3)cc3c(ncn3C)c2F)c(F)c1. The molecule has 5 aromatic rings. The molecule has 0 unspecified atom stereocenters. The smallest absolute Gasteiger partial charge is 0.253 e. The van der Waals surface area contributed by atoms with Crippen LogP contribution in [0.4, 0.5) is 20.2 Å². The summed E-state index contributed by atoms with van der Waals surface area (Å²) in [6.45, 7) is 5.98. The van der Waals surface area contributed by atoms with E-state index < -0.39 is 17.5 Å². The Labute approximate surface area is 219 Å². The van der Waals surface area contributed by atoms with Gasteiger partial charge in [0.15, 0.2) is 11.6 Å². The summed E-state index contributed by atoms with van der Waals surface area (Å²) in [5.41, 5.74) is 2.06. The molecule has 0 spiro atoms. The number of aryl methyl sites for hydroxylation is 2. The number of halogens is 2. The lowest BCUT2D eigenvalue weighted by Crippen LogP contribution is -2.27. The van der Waals surface area contributed by atoms with Gasteiger partial charge in [-0.3, -0.25) is 9.89 Å². The highest BCUT2D eigenvalue weighted by atomic mass is 19.1. The topological polar surface area (TPSA) is 101 Å². The highest BCUT2D eigenvalue weighted by molar-refractivity contribution is 6.04. The molecule has 2 aromatic heterocycles. The van der Waals surface area contributed by atoms with E-state index in [1.54, 1.807) is 24.6 Å². The van der Waals surface area contributed by atoms with Gasteiger partial charge in [0.05, 0.1) is 28.8 Å². The Morgan fingerprint density at radius 1 is 1.08 bits per heavy atom. The lowest BCUT2D eigenvalue weighted by molar-refractivity contribution is 0.0954. The molecule has 0 saturated heterocycles. The number of imidazole rings is 1. The Morgan fingerprint density at radius 2 is 1.84 bits per heavy atom. The molecule has 0 aliphatic carbocycles. The molecule has 10 heteroatoms. The van der Waals surface area contributed by atoms with Gasteiger partial charge in [-0.2, -0.15) is 5.10 Å². The molecular formula is C28H29F2N7O. The maximum Gasteiger partial charge on any atom is 0.253 e. The lowest BCUT2D eigenvalue weighted by Gasteiger charge is -2.15. The van der Waals surface area contributed by atoms with E-state index >= 15 is 4.39 Å². The number of aromatic nitrogens is 5. The predicted molar refractivity (Wildman–Crippen MR) is 144 cm³/mol. The van der Waals surface area contributed by atoms with E-state index in [0.29, 0.717) is 23.6 Å². The summed E-state index contributed by atoms with van der Waals surface area (Å²) >= 11 is 0. The number of aromatic amines is 1. The molecule has 3 N–H and O–H groups in total. The molecule has 0 atom stereocenters. The first-order valence-electron chi connectivity index (χ1n) is 12.3. The molecule has 0 aliphatic heterocycles. The van der Waals surface area contributed by atoms with Crippen LogP contribution in [0.1, 0.15) is 35.6 Å². The van der Waals surface area contributed by atoms with Crippen molar-refractivity contribution in [2.24, 2.45) is 7.05 Å². The normalized spacial score (nSPS) is 10.7. The summed E-state index contributed by atoms with van der Waals surface area (Å²) < 4.78 is 31.6. The van der Waals surface area contributed by atoms with Crippen LogP contribution < -0.4 is 10.6 Å². The van der Waals surface area contributed by atoms with Gasteiger partial charge in [-0.15, -0.1) is 0 Å². The number of hydrogen-bond donors (Lipinski definition) is 3. The first-order valence-corrected chi connectivity index (χ1v) is 12.3. The number of rotatable bonds is 7. The molecule has 0 fully saturated rings. The largest absolute Gasteiger partial charge is 0.352 e. The van der Waals surface area contributed by atoms with Crippen LogP contribution in [-0.4, -0.2) is 37.2 Å². The highest BCUT2D eigenvalue weighted by Crippen LogP contribution is 2.31. The molecule has 0 bridgehead atoms. The number of anilines is 2. The Balaban J connectivity index is 0.00000164. The van der Waals surface area contributed by atoms with Crippen LogP contribution in [0.3, 0.4) is 0 Å². The molecule has 2 heterocycles. The Bertz CT molecular complexity index is 1560. The monoisotopic (exact) mass is 517 g/mol. The van der Waals surface area contributed by atoms with Crippen LogP contribution >= 0.6 is 0 Å². The fourth-order valence-corrected chi connectivity index (χ4v) is 3.90. The summed E-state index contributed by atoms with van der Waals surface area (Å²) in [5, 5.41) is 12.6. The van der Waals surface area contributed by atoms with Crippen molar-refractivity contribution in [2.75, 3.05) is 11.9 Å². The van der Waals surface area contributed by atoms with E-state index in [2.05, 4.69) is 30.8 Å². The van der Waals surface area contributed by atoms with Crippen molar-refractivity contribution in [3.8, 4) is 11.4 Å². The molecule has 3 aromatic carbocycles. The van der Waals surface area contributed by atoms with Crippen LogP contribution in [-0.2, 0) is 13.5 Å². The molecule has 8 nitrogen and oxygen atoms in total. The maximum atomic E-state index is 15.5. The van der Waals surface area contributed by atoms with Gasteiger partial charge in [0.2, 0.25) is 0 Å². The number of amides is 1. The fourth-order valence-electron chi connectivity index (χ4n) is 3.90. The second-order valence-electron chi connectivity index (χ2n) is 8.42. The number of nitrogens with zero attached hydrogens (tertiary/aromatic N) is 4. The van der Waals surface area contributed by atoms with Crippen molar-refractivity contribution in [1.82, 2.24) is 30.0 Å². The zero-order valence-electron chi connectivity index (χ0n) is 21.6. The molecule has 1 amide bonds. The molecule has 38 heavy (non-hydrogen) atoms. The molecular weight excluding hydrogens is 488 g/mol. The van der Waals surface area contributed by atoms with E-state index in [0.717, 1.165) is 11.1 Å². The predicted octanol–water partition coefficient (Wildman–Crippen LogP) is 5.69. The summed E-state index contributed by atoms with van der Waals surface area (Å²) in [6, 6.07) is 15.6. The molecule has 5 rings (SSSR count). The molecule has 0 aliphatic rings. The number of carbonyl (C=O) groups excluding carboxylic acids is 1. The number of fused-ring (bicyclic) bond motifs is 1. The van der Waals surface area contributed by atoms with Crippen LogP contribution in [0.15, 0.2) is 60.9 Å². The number of nitrogens with one attached hydrogen (secondary N) is 3. The van der Waals surface area contributed by atoms with Crippen molar-refractivity contribution >= 4 is 28.3 Å². The molecule has 0 saturated carbocycles. The zero-order valence-corrected chi connectivity index (χ0v) is 21.6. The van der Waals surface area contributed by atoms with Gasteiger partial charge in [-0.05, 0) is 30.7 Å². The van der Waals surface area contributed by atoms with Crippen molar-refractivity contribution in [2.45, 2.75) is 27.2 Å². The average molecular weight is 518 g/mol. The van der Waals surface area contributed by atoms with Gasteiger partial charge in [0.25, 0.3) is 5.91 Å². The van der Waals surface area contributed by atoms with Gasteiger partial charge in [0.1, 0.15) is 17.2 Å². The van der Waals surface area contributed by atoms with Gasteiger partial charge in [0, 0.05) is 25.6 Å². The number of benzene rings is 3. The standard InChI is InChI=1S/C26H23F2N7O.C2H6/c1-15-8-9-19(18(27)12-15)31-23-17(13-20-24(22(23)28)30-14-35(20)2)26(36)29-11-10-21-32-25(34-33-21)16-6-4-3-5-7-16;1-2/h3-9,12-14,31H,10-11H2,1-2H3,(H,29,36)(H,32,33,34);1-2H3. The second-order valence-corrected chi connectivity index (χ2v) is 8.42. The lowest BCUT2D eigenvalue weighted by atomic mass is 10.1. The summed E-state index contributed by atoms with van der Waals surface area (Å²) in [7, 11) is 1.71. The number of H-pyrrole nitrogens is 1. The highest BCUT2D eigenvalue weighted by Gasteiger charge is 2.22. The van der Waals surface area contributed by atoms with Crippen LogP contribution in [0.2, 0.25) is 0 Å². The minimum atomic E-state index is -0.735. The van der Waals surface area contributed by atoms with Crippen molar-refractivity contribution in [3.05, 3.63) is 89.5 Å². The summed E-state index contributed by atoms with van der Waals surface area (Å²) in [6.07, 6.45) is 1.84. The molecule has 0 radical (unpaired) electrons. The third-order valence-corrected chi connectivity index (χ3v) is 5.80. The first-order chi connectivity index (χ1) is 18.4. The Kier molecular flexibility index (Phi) is 8.10. The van der Waals surface area contributed by atoms with Crippen molar-refractivity contribution in [1.29, 1.82) is 0 Å². The zero-order chi connectivity index (χ0) is 27.2. The Hall–Kier alpha value is -4.60. The minimum Gasteiger partial charge on any atom is -0.352 e. The average Bonchev–Trinajstić information content (AvgIpc) is 3.55. The second kappa shape index (κ2) is 11.6. The van der Waals surface area contributed by atoms with E-state index in [1.165, 1.54) is 24.5 Å². The van der Waals surface area contributed by atoms with Crippen molar-refractivity contribution < 1.29 is 13.6 Å². The van der Waals surface area contributed by atoms with E-state index in [-0.39, 0.29) is 29.0 Å². The maximum absolute atomic E-state index is 15.5. The van der Waals surface area contributed by atoms with Gasteiger partial charge >= 0.3 is 0 Å². The Morgan fingerprint density at radius 3 is 2.58 bits per heavy atom. The van der Waals surface area contributed by atoms with Crippen molar-refractivity contribution in [3.63, 3.8) is 0 Å². The summed E-state index contributed by atoms with van der Waals surface area (Å²) in [5.74, 6) is -0.646.